The summed E-state index contributed by atoms with van der Waals surface area (Å²) in [6.07, 6.45) is 0.660. The largest absolute Gasteiger partial charge is 0.393 e. The van der Waals surface area contributed by atoms with Crippen LogP contribution in [0.4, 0.5) is 0 Å². The van der Waals surface area contributed by atoms with Gasteiger partial charge in [-0.15, -0.1) is 0 Å². The van der Waals surface area contributed by atoms with Crippen LogP contribution in [0, 0.1) is 0 Å². The first kappa shape index (κ1) is 3.03. The van der Waals surface area contributed by atoms with Gasteiger partial charge in [0.15, 0.2) is 0 Å². The van der Waals surface area contributed by atoms with Crippen molar-refractivity contribution >= 4 is 0 Å². The summed E-state index contributed by atoms with van der Waals surface area (Å²) >= 11 is 0. The molecule has 0 heterocycles. The van der Waals surface area contributed by atoms with Crippen LogP contribution in [0.3, 0.4) is 0 Å². The maximum Gasteiger partial charge on any atom is 0.0512 e. The molecule has 0 aromatic heterocycles. The van der Waals surface area contributed by atoms with E-state index in [1.54, 1.807) is 0 Å². The van der Waals surface area contributed by atoms with Crippen molar-refractivity contribution in [3.63, 3.8) is 0 Å². The highest BCUT2D eigenvalue weighted by Crippen LogP contribution is 1.91. The van der Waals surface area contributed by atoms with Crippen LogP contribution >= 0.6 is 0 Å². The lowest BCUT2D eigenvalue weighted by Gasteiger charge is -1.95. The molecule has 0 radical (unpaired) electrons. The van der Waals surface area contributed by atoms with E-state index in [2.05, 4.69) is 0 Å². The second-order valence-corrected chi connectivity index (χ2v) is 1.36. The molecule has 38 valence electrons. The first-order valence-electron chi connectivity index (χ1n) is 3.36. The van der Waals surface area contributed by atoms with Crippen LogP contribution in [0.2, 0.25) is 0 Å². The van der Waals surface area contributed by atoms with Crippen LogP contribution in [0.5, 0.6) is 0 Å². The Kier molecular flexibility index (Phi) is 1.59. The minimum atomic E-state index is -1.07. The van der Waals surface area contributed by atoms with Gasteiger partial charge in [0.25, 0.3) is 0 Å². The molecule has 0 aliphatic rings. The Hall–Kier alpha value is -0.0400. The van der Waals surface area contributed by atoms with Gasteiger partial charge < -0.3 is 5.11 Å². The molecule has 1 unspecified atom stereocenters. The molecule has 0 aliphatic heterocycles. The molecule has 0 bridgehead atoms. The first-order valence-corrected chi connectivity index (χ1v) is 2.21. The van der Waals surface area contributed by atoms with Gasteiger partial charge in [-0.05, 0) is 13.3 Å². The summed E-state index contributed by atoms with van der Waals surface area (Å²) in [6, 6.07) is 0. The van der Waals surface area contributed by atoms with Gasteiger partial charge in [0.1, 0.15) is 0 Å². The van der Waals surface area contributed by atoms with Crippen molar-refractivity contribution in [2.45, 2.75) is 32.7 Å². The van der Waals surface area contributed by atoms with Gasteiger partial charge in [0.05, 0.1) is 6.10 Å². The lowest BCUT2D eigenvalue weighted by Crippen LogP contribution is -1.95. The maximum absolute atomic E-state index is 8.75. The number of aliphatic hydroxyl groups excluding tert-OH is 1. The molecular weight excluding hydrogens is 76.1 g/mol. The minimum absolute atomic E-state index is 0.567. The van der Waals surface area contributed by atoms with E-state index < -0.39 is 13.0 Å². The third-order valence-corrected chi connectivity index (χ3v) is 0.584. The molecule has 1 atom stereocenters. The van der Waals surface area contributed by atoms with Gasteiger partial charge in [-0.1, -0.05) is 13.3 Å². The van der Waals surface area contributed by atoms with Crippen molar-refractivity contribution in [3.8, 4) is 0 Å². The summed E-state index contributed by atoms with van der Waals surface area (Å²) in [4.78, 5) is 0. The molecule has 1 heteroatoms. The highest BCUT2D eigenvalue weighted by Gasteiger charge is 1.87. The highest BCUT2D eigenvalue weighted by molar-refractivity contribution is 4.40. The summed E-state index contributed by atoms with van der Waals surface area (Å²) in [5.74, 6) is 0. The monoisotopic (exact) mass is 90.1 g/mol. The zero-order valence-corrected chi connectivity index (χ0v) is 4.02. The summed E-state index contributed by atoms with van der Waals surface area (Å²) in [5, 5.41) is 8.75. The molecular formula is C5H12O. The van der Waals surface area contributed by atoms with Crippen molar-refractivity contribution in [3.05, 3.63) is 0 Å². The van der Waals surface area contributed by atoms with Crippen molar-refractivity contribution in [1.29, 1.82) is 0 Å². The fraction of sp³-hybridized carbons (Fsp3) is 1.00. The number of hydrogen-bond acceptors (Lipinski definition) is 1. The third-order valence-electron chi connectivity index (χ3n) is 0.584. The van der Waals surface area contributed by atoms with Crippen LogP contribution in [-0.4, -0.2) is 11.2 Å². The van der Waals surface area contributed by atoms with Gasteiger partial charge in [-0.3, -0.25) is 0 Å². The van der Waals surface area contributed by atoms with Gasteiger partial charge in [0.2, 0.25) is 0 Å². The quantitative estimate of drug-likeness (QED) is 0.539. The van der Waals surface area contributed by atoms with Crippen LogP contribution in [0.15, 0.2) is 0 Å². The number of hydrogen-bond donors (Lipinski definition) is 1. The fourth-order valence-corrected chi connectivity index (χ4v) is 0.296. The van der Waals surface area contributed by atoms with E-state index in [1.165, 1.54) is 0 Å². The van der Waals surface area contributed by atoms with Crippen LogP contribution in [-0.2, 0) is 0 Å². The average molecular weight is 90.2 g/mol. The molecule has 0 rings (SSSR count). The Balaban J connectivity index is 3.17. The van der Waals surface area contributed by atoms with Crippen molar-refractivity contribution in [1.82, 2.24) is 0 Å². The van der Waals surface area contributed by atoms with E-state index in [0.717, 1.165) is 6.42 Å². The normalized spacial score (nSPS) is 19.8. The zero-order chi connectivity index (χ0) is 6.57. The summed E-state index contributed by atoms with van der Waals surface area (Å²) < 4.78 is 13.4. The Morgan fingerprint density at radius 2 is 2.67 bits per heavy atom. The van der Waals surface area contributed by atoms with Crippen LogP contribution in [0.25, 0.3) is 0 Å². The molecule has 0 aromatic carbocycles. The Labute approximate surface area is 41.8 Å². The molecule has 0 aromatic rings. The van der Waals surface area contributed by atoms with Crippen molar-refractivity contribution in [2.24, 2.45) is 0 Å². The smallest absolute Gasteiger partial charge is 0.0512 e. The molecule has 0 aliphatic carbocycles. The standard InChI is InChI=1S/C5H12O/c1-3-4-5(2)6/h5-6H,3-4H2,1-2H3/i2D2. The Morgan fingerprint density at radius 3 is 2.83 bits per heavy atom. The summed E-state index contributed by atoms with van der Waals surface area (Å²) in [7, 11) is 0. The number of aliphatic hydroxyl groups is 1. The molecule has 0 saturated carbocycles. The minimum Gasteiger partial charge on any atom is -0.393 e. The highest BCUT2D eigenvalue weighted by atomic mass is 16.3. The molecule has 1 nitrogen and oxygen atoms in total. The average Bonchev–Trinajstić information content (AvgIpc) is 1.67. The van der Waals surface area contributed by atoms with E-state index in [4.69, 9.17) is 7.85 Å². The Morgan fingerprint density at radius 1 is 2.00 bits per heavy atom. The van der Waals surface area contributed by atoms with E-state index in [9.17, 15) is 0 Å². The van der Waals surface area contributed by atoms with E-state index in [-0.39, 0.29) is 0 Å². The van der Waals surface area contributed by atoms with Gasteiger partial charge >= 0.3 is 0 Å². The van der Waals surface area contributed by atoms with E-state index in [0.29, 0.717) is 6.42 Å². The topological polar surface area (TPSA) is 20.2 Å². The van der Waals surface area contributed by atoms with Gasteiger partial charge in [-0.2, -0.15) is 0 Å². The van der Waals surface area contributed by atoms with Gasteiger partial charge in [-0.25, -0.2) is 0 Å². The molecule has 0 fully saturated rings. The SMILES string of the molecule is [2H]C([2H])C(O)CCC. The second-order valence-electron chi connectivity index (χ2n) is 1.36. The number of rotatable bonds is 2. The van der Waals surface area contributed by atoms with Crippen LogP contribution < -0.4 is 0 Å². The molecule has 0 amide bonds. The predicted octanol–water partition coefficient (Wildman–Crippen LogP) is 1.17. The van der Waals surface area contributed by atoms with Gasteiger partial charge in [0, 0.05) is 2.74 Å². The predicted molar refractivity (Wildman–Crippen MR) is 26.6 cm³/mol. The lowest BCUT2D eigenvalue weighted by molar-refractivity contribution is 0.183. The lowest BCUT2D eigenvalue weighted by atomic mass is 10.2. The molecule has 1 N–H and O–H groups in total. The van der Waals surface area contributed by atoms with Crippen molar-refractivity contribution < 1.29 is 7.85 Å². The molecule has 0 saturated heterocycles. The summed E-state index contributed by atoms with van der Waals surface area (Å²) in [5.41, 5.74) is 0. The second kappa shape index (κ2) is 3.16. The zero-order valence-electron chi connectivity index (χ0n) is 6.02. The van der Waals surface area contributed by atoms with E-state index in [1.807, 2.05) is 6.92 Å². The summed E-state index contributed by atoms with van der Waals surface area (Å²) in [6.45, 7) is 0.848. The van der Waals surface area contributed by atoms with E-state index >= 15 is 0 Å². The van der Waals surface area contributed by atoms with Crippen LogP contribution in [0.1, 0.15) is 29.4 Å². The Bertz CT molecular complexity index is 56.4. The fourth-order valence-electron chi connectivity index (χ4n) is 0.296. The van der Waals surface area contributed by atoms with Crippen molar-refractivity contribution in [2.75, 3.05) is 0 Å². The maximum atomic E-state index is 8.75. The molecule has 0 spiro atoms. The third kappa shape index (κ3) is 3.96. The molecule has 6 heavy (non-hydrogen) atoms. The first-order chi connectivity index (χ1) is 3.68.